The molecule has 0 amide bonds. The van der Waals surface area contributed by atoms with Gasteiger partial charge in [0.05, 0.1) is 6.21 Å². The van der Waals surface area contributed by atoms with Crippen molar-refractivity contribution in [3.8, 4) is 16.9 Å². The zero-order valence-electron chi connectivity index (χ0n) is 13.0. The van der Waals surface area contributed by atoms with E-state index >= 15 is 0 Å². The number of nitrogens with zero attached hydrogens (tertiary/aromatic N) is 2. The van der Waals surface area contributed by atoms with Crippen molar-refractivity contribution in [2.45, 2.75) is 6.92 Å². The molecule has 0 radical (unpaired) electrons. The lowest BCUT2D eigenvalue weighted by atomic mass is 10.0. The second-order valence-corrected chi connectivity index (χ2v) is 5.10. The highest BCUT2D eigenvalue weighted by Gasteiger charge is 2.10. The van der Waals surface area contributed by atoms with Gasteiger partial charge in [-0.25, -0.2) is 4.98 Å². The molecule has 2 aromatic heterocycles. The molecule has 0 fully saturated rings. The van der Waals surface area contributed by atoms with Gasteiger partial charge in [-0.2, -0.15) is 5.10 Å². The Balaban J connectivity index is 2.12. The number of H-pyrrole nitrogens is 1. The highest BCUT2D eigenvalue weighted by atomic mass is 16.3. The van der Waals surface area contributed by atoms with Crippen molar-refractivity contribution in [1.29, 1.82) is 0 Å². The van der Waals surface area contributed by atoms with Crippen LogP contribution in [0.15, 0.2) is 53.9 Å². The van der Waals surface area contributed by atoms with E-state index in [1.165, 1.54) is 0 Å². The summed E-state index contributed by atoms with van der Waals surface area (Å²) in [4.78, 5) is 7.67. The minimum absolute atomic E-state index is 0.243. The molecule has 0 aliphatic rings. The fourth-order valence-electron chi connectivity index (χ4n) is 2.52. The molecule has 0 unspecified atom stereocenters. The molecule has 0 saturated heterocycles. The third-order valence-corrected chi connectivity index (χ3v) is 3.67. The van der Waals surface area contributed by atoms with Gasteiger partial charge >= 0.3 is 0 Å². The normalized spacial score (nSPS) is 12.2. The number of phenols is 1. The van der Waals surface area contributed by atoms with Crippen LogP contribution in [0.1, 0.15) is 12.5 Å². The molecular formula is C18H18N4O. The predicted octanol–water partition coefficient (Wildman–Crippen LogP) is 3.54. The Morgan fingerprint density at radius 2 is 2.17 bits per heavy atom. The number of aromatic amines is 1. The largest absolute Gasteiger partial charge is 0.508 e. The molecule has 3 N–H and O–H groups in total. The zero-order chi connectivity index (χ0) is 16.2. The summed E-state index contributed by atoms with van der Waals surface area (Å²) in [5.41, 5.74) is 7.50. The Hall–Kier alpha value is -3.08. The van der Waals surface area contributed by atoms with Crippen molar-refractivity contribution in [3.05, 3.63) is 54.4 Å². The van der Waals surface area contributed by atoms with Gasteiger partial charge in [0, 0.05) is 36.0 Å². The Morgan fingerprint density at radius 1 is 1.30 bits per heavy atom. The van der Waals surface area contributed by atoms with Gasteiger partial charge in [-0.05, 0) is 36.3 Å². The van der Waals surface area contributed by atoms with Crippen molar-refractivity contribution >= 4 is 22.8 Å². The van der Waals surface area contributed by atoms with Gasteiger partial charge in [0.15, 0.2) is 0 Å². The number of rotatable bonds is 4. The Bertz CT molecular complexity index is 893. The monoisotopic (exact) mass is 306 g/mol. The van der Waals surface area contributed by atoms with E-state index in [0.717, 1.165) is 33.3 Å². The first-order valence-corrected chi connectivity index (χ1v) is 7.36. The number of hydrazone groups is 1. The van der Waals surface area contributed by atoms with E-state index in [0.29, 0.717) is 0 Å². The summed E-state index contributed by atoms with van der Waals surface area (Å²) in [6.45, 7) is 1.97. The first-order valence-electron chi connectivity index (χ1n) is 7.36. The van der Waals surface area contributed by atoms with Crippen LogP contribution in [-0.2, 0) is 0 Å². The summed E-state index contributed by atoms with van der Waals surface area (Å²) in [7, 11) is 1.76. The van der Waals surface area contributed by atoms with E-state index in [1.54, 1.807) is 31.6 Å². The average molecular weight is 306 g/mol. The number of pyridine rings is 1. The van der Waals surface area contributed by atoms with Crippen LogP contribution >= 0.6 is 0 Å². The third kappa shape index (κ3) is 2.94. The fourth-order valence-corrected chi connectivity index (χ4v) is 2.52. The van der Waals surface area contributed by atoms with E-state index in [1.807, 2.05) is 31.3 Å². The SMILES string of the molecule is C/C=C(\C=N/NC)c1c[nH]c2ncc(-c3cccc(O)c3)cc12. The maximum atomic E-state index is 9.67. The smallest absolute Gasteiger partial charge is 0.137 e. The first-order chi connectivity index (χ1) is 11.2. The number of aromatic hydroxyl groups is 1. The van der Waals surface area contributed by atoms with Crippen molar-refractivity contribution < 1.29 is 5.11 Å². The Kier molecular flexibility index (Phi) is 4.10. The molecule has 116 valence electrons. The van der Waals surface area contributed by atoms with Gasteiger partial charge in [-0.1, -0.05) is 18.2 Å². The standard InChI is InChI=1S/C18H18N4O/c1-3-12(10-22-19-2)17-11-21-18-16(17)8-14(9-20-18)13-5-4-6-15(23)7-13/h3-11,19,23H,1-2H3,(H,20,21)/b12-3+,22-10-. The van der Waals surface area contributed by atoms with Crippen LogP contribution in [0.2, 0.25) is 0 Å². The number of phenolic OH excluding ortho intramolecular Hbond substituents is 1. The van der Waals surface area contributed by atoms with Crippen molar-refractivity contribution in [2.24, 2.45) is 5.10 Å². The van der Waals surface area contributed by atoms with Crippen LogP contribution < -0.4 is 5.43 Å². The number of benzene rings is 1. The van der Waals surface area contributed by atoms with Crippen LogP contribution in [0, 0.1) is 0 Å². The molecule has 0 aliphatic carbocycles. The molecule has 2 heterocycles. The zero-order valence-corrected chi connectivity index (χ0v) is 13.0. The summed E-state index contributed by atoms with van der Waals surface area (Å²) >= 11 is 0. The number of hydrogen-bond acceptors (Lipinski definition) is 4. The van der Waals surface area contributed by atoms with E-state index in [-0.39, 0.29) is 5.75 Å². The minimum Gasteiger partial charge on any atom is -0.508 e. The van der Waals surface area contributed by atoms with Crippen LogP contribution in [0.5, 0.6) is 5.75 Å². The van der Waals surface area contributed by atoms with Crippen molar-refractivity contribution in [3.63, 3.8) is 0 Å². The fraction of sp³-hybridized carbons (Fsp3) is 0.111. The van der Waals surface area contributed by atoms with Gasteiger partial charge in [0.25, 0.3) is 0 Å². The van der Waals surface area contributed by atoms with Gasteiger partial charge in [0.1, 0.15) is 11.4 Å². The maximum Gasteiger partial charge on any atom is 0.137 e. The molecule has 0 spiro atoms. The quantitative estimate of drug-likeness (QED) is 0.510. The number of hydrogen-bond donors (Lipinski definition) is 3. The summed E-state index contributed by atoms with van der Waals surface area (Å²) < 4.78 is 0. The molecule has 5 nitrogen and oxygen atoms in total. The van der Waals surface area contributed by atoms with Crippen LogP contribution in [0.4, 0.5) is 0 Å². The number of nitrogens with one attached hydrogen (secondary N) is 2. The van der Waals surface area contributed by atoms with Crippen LogP contribution in [0.3, 0.4) is 0 Å². The lowest BCUT2D eigenvalue weighted by molar-refractivity contribution is 0.475. The highest BCUT2D eigenvalue weighted by molar-refractivity contribution is 6.14. The highest BCUT2D eigenvalue weighted by Crippen LogP contribution is 2.29. The maximum absolute atomic E-state index is 9.67. The van der Waals surface area contributed by atoms with Crippen LogP contribution in [-0.4, -0.2) is 28.3 Å². The Morgan fingerprint density at radius 3 is 2.91 bits per heavy atom. The van der Waals surface area contributed by atoms with Crippen LogP contribution in [0.25, 0.3) is 27.7 Å². The van der Waals surface area contributed by atoms with E-state index in [4.69, 9.17) is 0 Å². The molecule has 1 aromatic carbocycles. The summed E-state index contributed by atoms with van der Waals surface area (Å²) in [5.74, 6) is 0.243. The Labute approximate surface area is 134 Å². The van der Waals surface area contributed by atoms with E-state index in [2.05, 4.69) is 26.6 Å². The first kappa shape index (κ1) is 14.8. The van der Waals surface area contributed by atoms with Gasteiger partial charge in [-0.15, -0.1) is 0 Å². The molecule has 23 heavy (non-hydrogen) atoms. The average Bonchev–Trinajstić information content (AvgIpc) is 2.99. The molecular weight excluding hydrogens is 288 g/mol. The molecule has 0 saturated carbocycles. The minimum atomic E-state index is 0.243. The third-order valence-electron chi connectivity index (χ3n) is 3.67. The summed E-state index contributed by atoms with van der Waals surface area (Å²) in [6, 6.07) is 9.23. The summed E-state index contributed by atoms with van der Waals surface area (Å²) in [5, 5.41) is 14.8. The van der Waals surface area contributed by atoms with E-state index in [9.17, 15) is 5.11 Å². The van der Waals surface area contributed by atoms with Gasteiger partial charge in [0.2, 0.25) is 0 Å². The molecule has 5 heteroatoms. The topological polar surface area (TPSA) is 73.3 Å². The number of allylic oxidation sites excluding steroid dienone is 2. The lowest BCUT2D eigenvalue weighted by Crippen LogP contribution is -1.95. The summed E-state index contributed by atoms with van der Waals surface area (Å²) in [6.07, 6.45) is 7.52. The molecule has 0 atom stereocenters. The predicted molar refractivity (Wildman–Crippen MR) is 94.4 cm³/mol. The number of aromatic nitrogens is 2. The number of fused-ring (bicyclic) bond motifs is 1. The lowest BCUT2D eigenvalue weighted by Gasteiger charge is -2.04. The van der Waals surface area contributed by atoms with E-state index < -0.39 is 0 Å². The second kappa shape index (κ2) is 6.36. The van der Waals surface area contributed by atoms with Gasteiger partial charge < -0.3 is 15.5 Å². The molecule has 0 aliphatic heterocycles. The second-order valence-electron chi connectivity index (χ2n) is 5.10. The van der Waals surface area contributed by atoms with Gasteiger partial charge in [-0.3, -0.25) is 0 Å². The molecule has 3 aromatic rings. The van der Waals surface area contributed by atoms with Crippen molar-refractivity contribution in [1.82, 2.24) is 15.4 Å². The molecule has 0 bridgehead atoms. The van der Waals surface area contributed by atoms with Crippen molar-refractivity contribution in [2.75, 3.05) is 7.05 Å². The molecule has 3 rings (SSSR count).